The first kappa shape index (κ1) is 12.4. The van der Waals surface area contributed by atoms with Gasteiger partial charge in [-0.25, -0.2) is 0 Å². The molecule has 1 heterocycles. The fraction of sp³-hybridized carbons (Fsp3) is 0.455. The van der Waals surface area contributed by atoms with E-state index in [-0.39, 0.29) is 12.5 Å². The molecule has 0 aromatic carbocycles. The molecule has 1 aromatic rings. The van der Waals surface area contributed by atoms with Crippen LogP contribution in [0.3, 0.4) is 0 Å². The molecule has 88 valence electrons. The first-order valence-corrected chi connectivity index (χ1v) is 5.14. The standard InChI is InChI=1S/C11H17N3O2/c1-4-16-8-11(15)13-9-7-12-6-5-10(9)14(2)3/h5-7H,4,8H2,1-3H3,(H,13,15). The van der Waals surface area contributed by atoms with Crippen molar-refractivity contribution in [2.75, 3.05) is 37.5 Å². The number of pyridine rings is 1. The first-order valence-electron chi connectivity index (χ1n) is 5.14. The number of aromatic nitrogens is 1. The van der Waals surface area contributed by atoms with Crippen LogP contribution in [0.2, 0.25) is 0 Å². The Kier molecular flexibility index (Phi) is 4.72. The van der Waals surface area contributed by atoms with E-state index in [0.29, 0.717) is 12.3 Å². The Balaban J connectivity index is 2.69. The summed E-state index contributed by atoms with van der Waals surface area (Å²) in [7, 11) is 3.82. The molecular formula is C11H17N3O2. The van der Waals surface area contributed by atoms with Crippen molar-refractivity contribution < 1.29 is 9.53 Å². The Morgan fingerprint density at radius 3 is 2.94 bits per heavy atom. The maximum atomic E-state index is 11.5. The number of amides is 1. The molecule has 0 aliphatic heterocycles. The second-order valence-electron chi connectivity index (χ2n) is 3.47. The molecule has 5 nitrogen and oxygen atoms in total. The zero-order chi connectivity index (χ0) is 12.0. The third kappa shape index (κ3) is 3.51. The summed E-state index contributed by atoms with van der Waals surface area (Å²) in [5, 5.41) is 2.76. The SMILES string of the molecule is CCOCC(=O)Nc1cnccc1N(C)C. The lowest BCUT2D eigenvalue weighted by Crippen LogP contribution is -2.20. The van der Waals surface area contributed by atoms with Gasteiger partial charge in [0.1, 0.15) is 6.61 Å². The van der Waals surface area contributed by atoms with Gasteiger partial charge in [-0.3, -0.25) is 9.78 Å². The van der Waals surface area contributed by atoms with Crippen molar-refractivity contribution in [3.8, 4) is 0 Å². The maximum absolute atomic E-state index is 11.5. The number of rotatable bonds is 5. The quantitative estimate of drug-likeness (QED) is 0.812. The van der Waals surface area contributed by atoms with Crippen LogP contribution in [-0.2, 0) is 9.53 Å². The summed E-state index contributed by atoms with van der Waals surface area (Å²) in [4.78, 5) is 17.4. The van der Waals surface area contributed by atoms with E-state index in [9.17, 15) is 4.79 Å². The molecule has 0 radical (unpaired) electrons. The van der Waals surface area contributed by atoms with Crippen LogP contribution in [0.1, 0.15) is 6.92 Å². The molecule has 0 aliphatic carbocycles. The molecule has 0 saturated heterocycles. The highest BCUT2D eigenvalue weighted by Gasteiger charge is 2.07. The molecule has 1 rings (SSSR count). The monoisotopic (exact) mass is 223 g/mol. The number of anilines is 2. The minimum atomic E-state index is -0.169. The van der Waals surface area contributed by atoms with Crippen LogP contribution in [0, 0.1) is 0 Å². The van der Waals surface area contributed by atoms with Crippen LogP contribution < -0.4 is 10.2 Å². The molecule has 1 aromatic heterocycles. The highest BCUT2D eigenvalue weighted by Crippen LogP contribution is 2.21. The molecule has 0 spiro atoms. The minimum Gasteiger partial charge on any atom is -0.376 e. The average Bonchev–Trinajstić information content (AvgIpc) is 2.27. The molecular weight excluding hydrogens is 206 g/mol. The summed E-state index contributed by atoms with van der Waals surface area (Å²) in [6.45, 7) is 2.45. The zero-order valence-electron chi connectivity index (χ0n) is 9.86. The van der Waals surface area contributed by atoms with Crippen LogP contribution in [-0.4, -0.2) is 38.2 Å². The van der Waals surface area contributed by atoms with Crippen molar-refractivity contribution in [1.29, 1.82) is 0 Å². The Morgan fingerprint density at radius 2 is 2.31 bits per heavy atom. The number of carbonyl (C=O) groups excluding carboxylic acids is 1. The summed E-state index contributed by atoms with van der Waals surface area (Å²) in [5.74, 6) is -0.169. The van der Waals surface area contributed by atoms with Gasteiger partial charge in [-0.15, -0.1) is 0 Å². The van der Waals surface area contributed by atoms with Crippen molar-refractivity contribution in [2.45, 2.75) is 6.92 Å². The fourth-order valence-corrected chi connectivity index (χ4v) is 1.25. The average molecular weight is 223 g/mol. The van der Waals surface area contributed by atoms with E-state index < -0.39 is 0 Å². The van der Waals surface area contributed by atoms with E-state index in [0.717, 1.165) is 5.69 Å². The Morgan fingerprint density at radius 1 is 1.56 bits per heavy atom. The summed E-state index contributed by atoms with van der Waals surface area (Å²) in [5.41, 5.74) is 1.61. The van der Waals surface area contributed by atoms with Gasteiger partial charge in [0.25, 0.3) is 0 Å². The molecule has 0 aliphatic rings. The highest BCUT2D eigenvalue weighted by molar-refractivity contribution is 5.94. The second-order valence-corrected chi connectivity index (χ2v) is 3.47. The number of hydrogen-bond acceptors (Lipinski definition) is 4. The van der Waals surface area contributed by atoms with E-state index in [1.807, 2.05) is 32.0 Å². The smallest absolute Gasteiger partial charge is 0.250 e. The van der Waals surface area contributed by atoms with E-state index in [1.165, 1.54) is 0 Å². The van der Waals surface area contributed by atoms with Crippen molar-refractivity contribution in [3.05, 3.63) is 18.5 Å². The molecule has 0 atom stereocenters. The lowest BCUT2D eigenvalue weighted by atomic mass is 10.3. The van der Waals surface area contributed by atoms with E-state index in [4.69, 9.17) is 4.74 Å². The van der Waals surface area contributed by atoms with Crippen molar-refractivity contribution in [3.63, 3.8) is 0 Å². The molecule has 0 unspecified atom stereocenters. The lowest BCUT2D eigenvalue weighted by Gasteiger charge is -2.17. The number of carbonyl (C=O) groups is 1. The largest absolute Gasteiger partial charge is 0.376 e. The first-order chi connectivity index (χ1) is 7.65. The normalized spacial score (nSPS) is 9.94. The van der Waals surface area contributed by atoms with Crippen LogP contribution >= 0.6 is 0 Å². The highest BCUT2D eigenvalue weighted by atomic mass is 16.5. The van der Waals surface area contributed by atoms with Gasteiger partial charge in [-0.1, -0.05) is 0 Å². The summed E-state index contributed by atoms with van der Waals surface area (Å²) in [6, 6.07) is 1.84. The van der Waals surface area contributed by atoms with Gasteiger partial charge in [0.05, 0.1) is 17.6 Å². The number of nitrogens with zero attached hydrogens (tertiary/aromatic N) is 2. The van der Waals surface area contributed by atoms with Crippen LogP contribution in [0.15, 0.2) is 18.5 Å². The molecule has 0 saturated carbocycles. The van der Waals surface area contributed by atoms with Crippen molar-refractivity contribution in [2.24, 2.45) is 0 Å². The van der Waals surface area contributed by atoms with E-state index >= 15 is 0 Å². The summed E-state index contributed by atoms with van der Waals surface area (Å²) in [6.07, 6.45) is 3.31. The fourth-order valence-electron chi connectivity index (χ4n) is 1.25. The third-order valence-electron chi connectivity index (χ3n) is 1.99. The number of hydrogen-bond donors (Lipinski definition) is 1. The van der Waals surface area contributed by atoms with E-state index in [1.54, 1.807) is 12.4 Å². The van der Waals surface area contributed by atoms with Gasteiger partial charge in [0.2, 0.25) is 5.91 Å². The van der Waals surface area contributed by atoms with Crippen LogP contribution in [0.25, 0.3) is 0 Å². The van der Waals surface area contributed by atoms with Crippen LogP contribution in [0.5, 0.6) is 0 Å². The van der Waals surface area contributed by atoms with Gasteiger partial charge in [0.15, 0.2) is 0 Å². The Labute approximate surface area is 95.4 Å². The number of ether oxygens (including phenoxy) is 1. The van der Waals surface area contributed by atoms with Crippen molar-refractivity contribution in [1.82, 2.24) is 4.98 Å². The number of nitrogens with one attached hydrogen (secondary N) is 1. The summed E-state index contributed by atoms with van der Waals surface area (Å²) >= 11 is 0. The lowest BCUT2D eigenvalue weighted by molar-refractivity contribution is -0.120. The molecule has 5 heteroatoms. The molecule has 1 N–H and O–H groups in total. The van der Waals surface area contributed by atoms with Crippen LogP contribution in [0.4, 0.5) is 11.4 Å². The third-order valence-corrected chi connectivity index (χ3v) is 1.99. The molecule has 0 fully saturated rings. The summed E-state index contributed by atoms with van der Waals surface area (Å²) < 4.78 is 5.02. The van der Waals surface area contributed by atoms with Gasteiger partial charge in [-0.05, 0) is 13.0 Å². The molecule has 16 heavy (non-hydrogen) atoms. The Bertz CT molecular complexity index is 353. The van der Waals surface area contributed by atoms with E-state index in [2.05, 4.69) is 10.3 Å². The predicted octanol–water partition coefficient (Wildman–Crippen LogP) is 1.12. The van der Waals surface area contributed by atoms with Gasteiger partial charge in [0, 0.05) is 26.9 Å². The van der Waals surface area contributed by atoms with Gasteiger partial charge >= 0.3 is 0 Å². The van der Waals surface area contributed by atoms with Crippen molar-refractivity contribution >= 4 is 17.3 Å². The minimum absolute atomic E-state index is 0.0677. The topological polar surface area (TPSA) is 54.5 Å². The van der Waals surface area contributed by atoms with Gasteiger partial charge in [-0.2, -0.15) is 0 Å². The molecule has 1 amide bonds. The van der Waals surface area contributed by atoms with Gasteiger partial charge < -0.3 is 15.0 Å². The maximum Gasteiger partial charge on any atom is 0.250 e. The zero-order valence-corrected chi connectivity index (χ0v) is 9.86. The Hall–Kier alpha value is -1.62. The second kappa shape index (κ2) is 6.07. The molecule has 0 bridgehead atoms. The predicted molar refractivity (Wildman–Crippen MR) is 63.7 cm³/mol.